The SMILES string of the molecule is CC(C)CC(CNC(=O)NCc1ccncc1)NC(C)c1ccccc1. The van der Waals surface area contributed by atoms with E-state index in [-0.39, 0.29) is 18.1 Å². The summed E-state index contributed by atoms with van der Waals surface area (Å²) in [6.07, 6.45) is 4.45. The summed E-state index contributed by atoms with van der Waals surface area (Å²) in [5.41, 5.74) is 2.29. The summed E-state index contributed by atoms with van der Waals surface area (Å²) >= 11 is 0. The minimum absolute atomic E-state index is 0.148. The van der Waals surface area contributed by atoms with Crippen molar-refractivity contribution in [3.05, 3.63) is 66.0 Å². The third-order valence-electron chi connectivity index (χ3n) is 4.25. The van der Waals surface area contributed by atoms with Crippen LogP contribution < -0.4 is 16.0 Å². The predicted molar refractivity (Wildman–Crippen MR) is 106 cm³/mol. The molecule has 0 aliphatic heterocycles. The number of carbonyl (C=O) groups excluding carboxylic acids is 1. The standard InChI is InChI=1S/C21H30N4O/c1-16(2)13-20(25-17(3)19-7-5-4-6-8-19)15-24-21(26)23-14-18-9-11-22-12-10-18/h4-12,16-17,20,25H,13-15H2,1-3H3,(H2,23,24,26). The molecule has 3 N–H and O–H groups in total. The van der Waals surface area contributed by atoms with Gasteiger partial charge in [-0.1, -0.05) is 44.2 Å². The Balaban J connectivity index is 1.82. The van der Waals surface area contributed by atoms with Crippen molar-refractivity contribution in [3.63, 3.8) is 0 Å². The fraction of sp³-hybridized carbons (Fsp3) is 0.429. The van der Waals surface area contributed by atoms with Crippen LogP contribution in [0.4, 0.5) is 4.79 Å². The molecule has 0 saturated heterocycles. The van der Waals surface area contributed by atoms with E-state index in [1.807, 2.05) is 18.2 Å². The smallest absolute Gasteiger partial charge is 0.315 e. The summed E-state index contributed by atoms with van der Waals surface area (Å²) in [6, 6.07) is 14.5. The van der Waals surface area contributed by atoms with Crippen molar-refractivity contribution in [2.24, 2.45) is 5.92 Å². The molecule has 5 heteroatoms. The molecule has 0 fully saturated rings. The Kier molecular flexibility index (Phi) is 8.09. The van der Waals surface area contributed by atoms with Crippen molar-refractivity contribution in [1.29, 1.82) is 0 Å². The molecule has 2 atom stereocenters. The van der Waals surface area contributed by atoms with Gasteiger partial charge < -0.3 is 16.0 Å². The molecule has 2 unspecified atom stereocenters. The number of amides is 2. The number of benzene rings is 1. The first-order chi connectivity index (χ1) is 12.5. The minimum atomic E-state index is -0.148. The van der Waals surface area contributed by atoms with Crippen molar-refractivity contribution in [1.82, 2.24) is 20.9 Å². The van der Waals surface area contributed by atoms with Gasteiger partial charge in [0.2, 0.25) is 0 Å². The first-order valence-electron chi connectivity index (χ1n) is 9.26. The molecular formula is C21H30N4O. The van der Waals surface area contributed by atoms with Crippen LogP contribution in [0.1, 0.15) is 44.4 Å². The zero-order chi connectivity index (χ0) is 18.8. The molecule has 2 rings (SSSR count). The van der Waals surface area contributed by atoms with Crippen LogP contribution in [0, 0.1) is 5.92 Å². The Bertz CT molecular complexity index is 646. The average molecular weight is 354 g/mol. The number of aromatic nitrogens is 1. The molecule has 26 heavy (non-hydrogen) atoms. The van der Waals surface area contributed by atoms with Gasteiger partial charge in [-0.2, -0.15) is 0 Å². The van der Waals surface area contributed by atoms with Crippen LogP contribution in [-0.2, 0) is 6.54 Å². The molecule has 5 nitrogen and oxygen atoms in total. The molecule has 0 aliphatic carbocycles. The molecule has 1 aromatic heterocycles. The van der Waals surface area contributed by atoms with Crippen LogP contribution in [0.2, 0.25) is 0 Å². The van der Waals surface area contributed by atoms with E-state index >= 15 is 0 Å². The van der Waals surface area contributed by atoms with E-state index in [2.05, 4.69) is 66.0 Å². The largest absolute Gasteiger partial charge is 0.337 e. The third-order valence-corrected chi connectivity index (χ3v) is 4.25. The molecule has 0 bridgehead atoms. The van der Waals surface area contributed by atoms with Crippen molar-refractivity contribution in [3.8, 4) is 0 Å². The second-order valence-corrected chi connectivity index (χ2v) is 7.04. The maximum atomic E-state index is 12.1. The lowest BCUT2D eigenvalue weighted by molar-refractivity contribution is 0.237. The van der Waals surface area contributed by atoms with Gasteiger partial charge in [0, 0.05) is 37.6 Å². The second kappa shape index (κ2) is 10.6. The van der Waals surface area contributed by atoms with Crippen LogP contribution in [0.25, 0.3) is 0 Å². The lowest BCUT2D eigenvalue weighted by Crippen LogP contribution is -2.45. The molecule has 140 valence electrons. The molecular weight excluding hydrogens is 324 g/mol. The van der Waals surface area contributed by atoms with E-state index < -0.39 is 0 Å². The quantitative estimate of drug-likeness (QED) is 0.644. The Morgan fingerprint density at radius 3 is 2.35 bits per heavy atom. The first-order valence-corrected chi connectivity index (χ1v) is 9.26. The number of urea groups is 1. The zero-order valence-corrected chi connectivity index (χ0v) is 15.9. The summed E-state index contributed by atoms with van der Waals surface area (Å²) in [4.78, 5) is 16.1. The molecule has 1 aromatic carbocycles. The highest BCUT2D eigenvalue weighted by Gasteiger charge is 2.16. The van der Waals surface area contributed by atoms with Crippen molar-refractivity contribution in [2.75, 3.05) is 6.54 Å². The number of carbonyl (C=O) groups is 1. The molecule has 0 spiro atoms. The number of pyridine rings is 1. The highest BCUT2D eigenvalue weighted by atomic mass is 16.2. The monoisotopic (exact) mass is 354 g/mol. The van der Waals surface area contributed by atoms with E-state index in [0.29, 0.717) is 19.0 Å². The highest BCUT2D eigenvalue weighted by molar-refractivity contribution is 5.73. The van der Waals surface area contributed by atoms with Gasteiger partial charge in [0.25, 0.3) is 0 Å². The van der Waals surface area contributed by atoms with Crippen molar-refractivity contribution < 1.29 is 4.79 Å². The van der Waals surface area contributed by atoms with Gasteiger partial charge in [0.1, 0.15) is 0 Å². The van der Waals surface area contributed by atoms with Crippen molar-refractivity contribution >= 4 is 6.03 Å². The molecule has 2 amide bonds. The van der Waals surface area contributed by atoms with Crippen molar-refractivity contribution in [2.45, 2.75) is 45.8 Å². The predicted octanol–water partition coefficient (Wildman–Crippen LogP) is 3.65. The summed E-state index contributed by atoms with van der Waals surface area (Å²) in [5, 5.41) is 9.52. The zero-order valence-electron chi connectivity index (χ0n) is 15.9. The lowest BCUT2D eigenvalue weighted by atomic mass is 10.0. The fourth-order valence-electron chi connectivity index (χ4n) is 2.93. The number of nitrogens with zero attached hydrogens (tertiary/aromatic N) is 1. The lowest BCUT2D eigenvalue weighted by Gasteiger charge is -2.25. The van der Waals surface area contributed by atoms with Gasteiger partial charge >= 0.3 is 6.03 Å². The normalized spacial score (nSPS) is 13.2. The highest BCUT2D eigenvalue weighted by Crippen LogP contribution is 2.14. The molecule has 1 heterocycles. The summed E-state index contributed by atoms with van der Waals surface area (Å²) in [5.74, 6) is 0.553. The molecule has 0 aliphatic rings. The van der Waals surface area contributed by atoms with Gasteiger partial charge in [-0.15, -0.1) is 0 Å². The number of nitrogens with one attached hydrogen (secondary N) is 3. The topological polar surface area (TPSA) is 66.0 Å². The Morgan fingerprint density at radius 1 is 1.00 bits per heavy atom. The maximum Gasteiger partial charge on any atom is 0.315 e. The van der Waals surface area contributed by atoms with Crippen LogP contribution in [0.3, 0.4) is 0 Å². The van der Waals surface area contributed by atoms with E-state index in [0.717, 1.165) is 12.0 Å². The van der Waals surface area contributed by atoms with Gasteiger partial charge in [-0.25, -0.2) is 4.79 Å². The first kappa shape index (κ1) is 19.9. The second-order valence-electron chi connectivity index (χ2n) is 7.04. The van der Waals surface area contributed by atoms with Gasteiger partial charge in [0.05, 0.1) is 0 Å². The van der Waals surface area contributed by atoms with Gasteiger partial charge in [-0.05, 0) is 42.5 Å². The Labute approximate surface area is 156 Å². The van der Waals surface area contributed by atoms with Crippen LogP contribution >= 0.6 is 0 Å². The van der Waals surface area contributed by atoms with Crippen LogP contribution in [-0.4, -0.2) is 23.6 Å². The Hall–Kier alpha value is -2.40. The summed E-state index contributed by atoms with van der Waals surface area (Å²) in [7, 11) is 0. The number of rotatable bonds is 9. The maximum absolute atomic E-state index is 12.1. The van der Waals surface area contributed by atoms with Crippen LogP contribution in [0.5, 0.6) is 0 Å². The summed E-state index contributed by atoms with van der Waals surface area (Å²) < 4.78 is 0. The molecule has 0 radical (unpaired) electrons. The van der Waals surface area contributed by atoms with E-state index in [4.69, 9.17) is 0 Å². The van der Waals surface area contributed by atoms with Gasteiger partial charge in [0.15, 0.2) is 0 Å². The minimum Gasteiger partial charge on any atom is -0.337 e. The van der Waals surface area contributed by atoms with E-state index in [9.17, 15) is 4.79 Å². The van der Waals surface area contributed by atoms with E-state index in [1.165, 1.54) is 5.56 Å². The van der Waals surface area contributed by atoms with Gasteiger partial charge in [-0.3, -0.25) is 4.98 Å². The summed E-state index contributed by atoms with van der Waals surface area (Å²) in [6.45, 7) is 7.65. The number of hydrogen-bond acceptors (Lipinski definition) is 3. The molecule has 0 saturated carbocycles. The van der Waals surface area contributed by atoms with Crippen LogP contribution in [0.15, 0.2) is 54.9 Å². The average Bonchev–Trinajstić information content (AvgIpc) is 2.65. The number of hydrogen-bond donors (Lipinski definition) is 3. The third kappa shape index (κ3) is 7.23. The fourth-order valence-corrected chi connectivity index (χ4v) is 2.93. The van der Waals surface area contributed by atoms with E-state index in [1.54, 1.807) is 12.4 Å². The Morgan fingerprint density at radius 2 is 1.69 bits per heavy atom. The molecule has 2 aromatic rings.